The molecule has 108 valence electrons. The summed E-state index contributed by atoms with van der Waals surface area (Å²) in [6.45, 7) is 0.152. The van der Waals surface area contributed by atoms with Gasteiger partial charge in [0.15, 0.2) is 11.6 Å². The predicted molar refractivity (Wildman–Crippen MR) is 73.0 cm³/mol. The van der Waals surface area contributed by atoms with Crippen LogP contribution in [-0.4, -0.2) is 6.54 Å². The minimum absolute atomic E-state index is 0.0140. The number of rotatable bonds is 3. The molecule has 0 heterocycles. The van der Waals surface area contributed by atoms with Crippen LogP contribution in [0.2, 0.25) is 0 Å². The maximum absolute atomic E-state index is 13.2. The molecule has 0 spiro atoms. The Kier molecular flexibility index (Phi) is 4.85. The first-order valence-electron chi connectivity index (χ1n) is 6.15. The smallest absolute Gasteiger partial charge is 0.159 e. The summed E-state index contributed by atoms with van der Waals surface area (Å²) in [6, 6.07) is 7.36. The Morgan fingerprint density at radius 1 is 1.00 bits per heavy atom. The zero-order valence-electron chi connectivity index (χ0n) is 11.0. The Labute approximate surface area is 120 Å². The molecule has 2 aromatic rings. The summed E-state index contributed by atoms with van der Waals surface area (Å²) in [6.07, 6.45) is 0. The van der Waals surface area contributed by atoms with Crippen molar-refractivity contribution in [2.45, 2.75) is 6.61 Å². The van der Waals surface area contributed by atoms with E-state index in [-0.39, 0.29) is 13.2 Å². The van der Waals surface area contributed by atoms with Crippen molar-refractivity contribution in [3.05, 3.63) is 65.0 Å². The summed E-state index contributed by atoms with van der Waals surface area (Å²) in [7, 11) is 0. The molecule has 2 aromatic carbocycles. The number of hydrogen-bond acceptors (Lipinski definition) is 2. The maximum Gasteiger partial charge on any atom is 0.159 e. The number of nitrogens with two attached hydrogens (primary N) is 1. The average molecular weight is 291 g/mol. The number of ether oxygens (including phenoxy) is 1. The lowest BCUT2D eigenvalue weighted by Gasteiger charge is -2.09. The van der Waals surface area contributed by atoms with Crippen molar-refractivity contribution in [3.63, 3.8) is 0 Å². The fraction of sp³-hybridized carbons (Fsp3) is 0.125. The Morgan fingerprint density at radius 3 is 2.52 bits per heavy atom. The lowest BCUT2D eigenvalue weighted by Crippen LogP contribution is -1.99. The molecule has 0 fully saturated rings. The molecule has 2 rings (SSSR count). The fourth-order valence-corrected chi connectivity index (χ4v) is 1.66. The van der Waals surface area contributed by atoms with Crippen molar-refractivity contribution >= 4 is 0 Å². The predicted octanol–water partition coefficient (Wildman–Crippen LogP) is 2.99. The lowest BCUT2D eigenvalue weighted by atomic mass is 10.2. The summed E-state index contributed by atoms with van der Waals surface area (Å²) in [4.78, 5) is 0. The Morgan fingerprint density at radius 2 is 1.81 bits per heavy atom. The molecule has 0 amide bonds. The topological polar surface area (TPSA) is 35.2 Å². The van der Waals surface area contributed by atoms with Gasteiger partial charge >= 0.3 is 0 Å². The second kappa shape index (κ2) is 6.82. The third kappa shape index (κ3) is 4.01. The molecular weight excluding hydrogens is 279 g/mol. The van der Waals surface area contributed by atoms with Crippen molar-refractivity contribution in [3.8, 4) is 17.6 Å². The molecule has 0 aliphatic rings. The largest absolute Gasteiger partial charge is 0.488 e. The summed E-state index contributed by atoms with van der Waals surface area (Å²) >= 11 is 0. The Bertz CT molecular complexity index is 704. The highest BCUT2D eigenvalue weighted by atomic mass is 19.2. The van der Waals surface area contributed by atoms with Crippen molar-refractivity contribution in [2.24, 2.45) is 5.73 Å². The van der Waals surface area contributed by atoms with Gasteiger partial charge in [0, 0.05) is 0 Å². The van der Waals surface area contributed by atoms with Gasteiger partial charge in [-0.1, -0.05) is 17.9 Å². The molecule has 2 nitrogen and oxygen atoms in total. The van der Waals surface area contributed by atoms with Gasteiger partial charge in [-0.3, -0.25) is 0 Å². The van der Waals surface area contributed by atoms with E-state index in [2.05, 4.69) is 11.8 Å². The van der Waals surface area contributed by atoms with E-state index in [1.807, 2.05) is 0 Å². The average Bonchev–Trinajstić information content (AvgIpc) is 2.47. The molecule has 0 aliphatic heterocycles. The van der Waals surface area contributed by atoms with Crippen LogP contribution in [0.15, 0.2) is 36.4 Å². The molecule has 21 heavy (non-hydrogen) atoms. The van der Waals surface area contributed by atoms with E-state index in [0.29, 0.717) is 16.9 Å². The van der Waals surface area contributed by atoms with Crippen molar-refractivity contribution < 1.29 is 17.9 Å². The molecular formula is C16H12F3NO. The minimum atomic E-state index is -0.946. The van der Waals surface area contributed by atoms with Crippen molar-refractivity contribution in [2.75, 3.05) is 6.54 Å². The van der Waals surface area contributed by atoms with Crippen LogP contribution in [0.4, 0.5) is 13.2 Å². The van der Waals surface area contributed by atoms with Crippen LogP contribution in [0, 0.1) is 29.3 Å². The second-order valence-corrected chi connectivity index (χ2v) is 4.18. The van der Waals surface area contributed by atoms with E-state index >= 15 is 0 Å². The zero-order valence-corrected chi connectivity index (χ0v) is 11.0. The summed E-state index contributed by atoms with van der Waals surface area (Å²) in [5.41, 5.74) is 6.08. The van der Waals surface area contributed by atoms with Gasteiger partial charge in [0.25, 0.3) is 0 Å². The van der Waals surface area contributed by atoms with Gasteiger partial charge in [0.2, 0.25) is 0 Å². The van der Waals surface area contributed by atoms with Crippen LogP contribution >= 0.6 is 0 Å². The van der Waals surface area contributed by atoms with E-state index < -0.39 is 17.5 Å². The van der Waals surface area contributed by atoms with E-state index in [9.17, 15) is 13.2 Å². The van der Waals surface area contributed by atoms with Crippen LogP contribution in [-0.2, 0) is 6.61 Å². The zero-order chi connectivity index (χ0) is 15.2. The van der Waals surface area contributed by atoms with Crippen LogP contribution in [0.1, 0.15) is 11.1 Å². The molecule has 0 saturated carbocycles. The van der Waals surface area contributed by atoms with E-state index in [4.69, 9.17) is 10.5 Å². The van der Waals surface area contributed by atoms with Gasteiger partial charge in [-0.05, 0) is 35.9 Å². The van der Waals surface area contributed by atoms with Crippen LogP contribution in [0.3, 0.4) is 0 Å². The molecule has 0 aliphatic carbocycles. The summed E-state index contributed by atoms with van der Waals surface area (Å²) in [5, 5.41) is 0. The van der Waals surface area contributed by atoms with Crippen LogP contribution < -0.4 is 10.5 Å². The van der Waals surface area contributed by atoms with Gasteiger partial charge < -0.3 is 10.5 Å². The normalized spacial score (nSPS) is 9.90. The molecule has 2 N–H and O–H groups in total. The highest BCUT2D eigenvalue weighted by molar-refractivity contribution is 5.46. The molecule has 0 atom stereocenters. The molecule has 0 aromatic heterocycles. The van der Waals surface area contributed by atoms with Gasteiger partial charge in [0.1, 0.15) is 18.2 Å². The quantitative estimate of drug-likeness (QED) is 0.882. The Balaban J connectivity index is 2.17. The molecule has 0 saturated heterocycles. The highest BCUT2D eigenvalue weighted by Crippen LogP contribution is 2.20. The second-order valence-electron chi connectivity index (χ2n) is 4.18. The van der Waals surface area contributed by atoms with Gasteiger partial charge in [0.05, 0.1) is 12.1 Å². The molecule has 0 bridgehead atoms. The van der Waals surface area contributed by atoms with Crippen LogP contribution in [0.5, 0.6) is 5.75 Å². The van der Waals surface area contributed by atoms with Crippen LogP contribution in [0.25, 0.3) is 0 Å². The molecule has 0 unspecified atom stereocenters. The van der Waals surface area contributed by atoms with Crippen molar-refractivity contribution in [1.82, 2.24) is 0 Å². The first-order chi connectivity index (χ1) is 10.1. The van der Waals surface area contributed by atoms with E-state index in [1.165, 1.54) is 24.3 Å². The highest BCUT2D eigenvalue weighted by Gasteiger charge is 2.06. The number of hydrogen-bond donors (Lipinski definition) is 1. The third-order valence-electron chi connectivity index (χ3n) is 2.65. The van der Waals surface area contributed by atoms with Gasteiger partial charge in [-0.2, -0.15) is 0 Å². The minimum Gasteiger partial charge on any atom is -0.488 e. The molecule has 0 radical (unpaired) electrons. The van der Waals surface area contributed by atoms with Gasteiger partial charge in [-0.25, -0.2) is 13.2 Å². The van der Waals surface area contributed by atoms with Crippen molar-refractivity contribution in [1.29, 1.82) is 0 Å². The molecule has 5 heteroatoms. The third-order valence-corrected chi connectivity index (χ3v) is 2.65. The first-order valence-corrected chi connectivity index (χ1v) is 6.15. The standard InChI is InChI=1S/C16H12F3NO/c17-13-4-6-16(12(9-13)2-1-7-20)21-10-11-3-5-14(18)15(19)8-11/h3-6,8-9H,7,10,20H2. The monoisotopic (exact) mass is 291 g/mol. The fourth-order valence-electron chi connectivity index (χ4n) is 1.66. The first kappa shape index (κ1) is 14.9. The summed E-state index contributed by atoms with van der Waals surface area (Å²) in [5.74, 6) is 3.34. The number of halogens is 3. The van der Waals surface area contributed by atoms with E-state index in [1.54, 1.807) is 0 Å². The van der Waals surface area contributed by atoms with Gasteiger partial charge in [-0.15, -0.1) is 0 Å². The number of benzene rings is 2. The maximum atomic E-state index is 13.2. The SMILES string of the molecule is NCC#Cc1cc(F)ccc1OCc1ccc(F)c(F)c1. The Hall–Kier alpha value is -2.45. The van der Waals surface area contributed by atoms with E-state index in [0.717, 1.165) is 12.1 Å². The summed E-state index contributed by atoms with van der Waals surface area (Å²) < 4.78 is 44.6. The lowest BCUT2D eigenvalue weighted by molar-refractivity contribution is 0.303.